The van der Waals surface area contributed by atoms with E-state index in [4.69, 9.17) is 0 Å². The molecule has 7 heteroatoms. The maximum Gasteiger partial charge on any atom is 0.253 e. The zero-order valence-electron chi connectivity index (χ0n) is 18.3. The average molecular weight is 434 g/mol. The van der Waals surface area contributed by atoms with Crippen molar-refractivity contribution in [3.8, 4) is 11.3 Å². The van der Waals surface area contributed by atoms with E-state index in [0.717, 1.165) is 56.7 Å². The molecule has 1 N–H and O–H groups in total. The Kier molecular flexibility index (Phi) is 7.17. The first-order valence-corrected chi connectivity index (χ1v) is 11.2. The molecule has 32 heavy (non-hydrogen) atoms. The summed E-state index contributed by atoms with van der Waals surface area (Å²) >= 11 is 0. The van der Waals surface area contributed by atoms with Gasteiger partial charge in [0, 0.05) is 61.8 Å². The van der Waals surface area contributed by atoms with E-state index in [1.807, 2.05) is 12.4 Å². The van der Waals surface area contributed by atoms with Crippen LogP contribution in [0.4, 0.5) is 4.39 Å². The van der Waals surface area contributed by atoms with E-state index in [9.17, 15) is 9.18 Å². The molecule has 1 aliphatic heterocycles. The lowest BCUT2D eigenvalue weighted by atomic mass is 10.0. The van der Waals surface area contributed by atoms with E-state index in [1.54, 1.807) is 30.5 Å². The predicted molar refractivity (Wildman–Crippen MR) is 121 cm³/mol. The smallest absolute Gasteiger partial charge is 0.253 e. The number of amides is 1. The van der Waals surface area contributed by atoms with Crippen LogP contribution in [-0.2, 0) is 13.0 Å². The van der Waals surface area contributed by atoms with Crippen LogP contribution in [-0.4, -0.2) is 44.9 Å². The maximum absolute atomic E-state index is 13.4. The molecule has 0 saturated carbocycles. The molecule has 1 aromatic carbocycles. The van der Waals surface area contributed by atoms with Crippen molar-refractivity contribution >= 4 is 5.91 Å². The summed E-state index contributed by atoms with van der Waals surface area (Å²) < 4.78 is 13.4. The monoisotopic (exact) mass is 433 g/mol. The molecule has 0 atom stereocenters. The standard InChI is InChI=1S/C25H28FN5O/c1-2-4-24-28-14-18(15-29-24)17-31-11-9-22(10-12-31)30-25(32)20-7-8-23(27-16-20)19-5-3-6-21(26)13-19/h3,5-8,13-16,22H,2,4,9-12,17H2,1H3,(H,30,32). The van der Waals surface area contributed by atoms with Crippen molar-refractivity contribution in [3.05, 3.63) is 77.8 Å². The first-order chi connectivity index (χ1) is 15.6. The van der Waals surface area contributed by atoms with Gasteiger partial charge in [0.2, 0.25) is 0 Å². The average Bonchev–Trinajstić information content (AvgIpc) is 2.82. The Bertz CT molecular complexity index is 1030. The number of carbonyl (C=O) groups excluding carboxylic acids is 1. The Morgan fingerprint density at radius 2 is 1.88 bits per heavy atom. The van der Waals surface area contributed by atoms with E-state index in [2.05, 4.69) is 32.1 Å². The largest absolute Gasteiger partial charge is 0.349 e. The molecule has 0 unspecified atom stereocenters. The summed E-state index contributed by atoms with van der Waals surface area (Å²) in [5.41, 5.74) is 2.96. The second-order valence-electron chi connectivity index (χ2n) is 8.22. The summed E-state index contributed by atoms with van der Waals surface area (Å²) in [6, 6.07) is 9.90. The third-order valence-corrected chi connectivity index (χ3v) is 5.71. The topological polar surface area (TPSA) is 71.0 Å². The molecule has 1 fully saturated rings. The van der Waals surface area contributed by atoms with Gasteiger partial charge in [-0.25, -0.2) is 14.4 Å². The van der Waals surface area contributed by atoms with Crippen molar-refractivity contribution in [2.24, 2.45) is 0 Å². The van der Waals surface area contributed by atoms with Crippen LogP contribution in [0.1, 0.15) is 47.9 Å². The number of rotatable bonds is 7. The lowest BCUT2D eigenvalue weighted by Gasteiger charge is -2.32. The molecule has 1 amide bonds. The fourth-order valence-electron chi connectivity index (χ4n) is 3.92. The summed E-state index contributed by atoms with van der Waals surface area (Å²) in [6.45, 7) is 4.79. The number of hydrogen-bond donors (Lipinski definition) is 1. The molecule has 0 radical (unpaired) electrons. The van der Waals surface area contributed by atoms with Gasteiger partial charge in [0.1, 0.15) is 11.6 Å². The minimum Gasteiger partial charge on any atom is -0.349 e. The highest BCUT2D eigenvalue weighted by Gasteiger charge is 2.21. The van der Waals surface area contributed by atoms with Crippen LogP contribution in [0.15, 0.2) is 55.0 Å². The highest BCUT2D eigenvalue weighted by molar-refractivity contribution is 5.94. The lowest BCUT2D eigenvalue weighted by molar-refractivity contribution is 0.0908. The second-order valence-corrected chi connectivity index (χ2v) is 8.22. The van der Waals surface area contributed by atoms with E-state index in [-0.39, 0.29) is 17.8 Å². The van der Waals surface area contributed by atoms with Crippen LogP contribution < -0.4 is 5.32 Å². The molecule has 166 valence electrons. The summed E-state index contributed by atoms with van der Waals surface area (Å²) in [6.07, 6.45) is 9.15. The van der Waals surface area contributed by atoms with Gasteiger partial charge < -0.3 is 5.32 Å². The zero-order chi connectivity index (χ0) is 22.3. The lowest BCUT2D eigenvalue weighted by Crippen LogP contribution is -2.44. The molecule has 2 aromatic heterocycles. The predicted octanol–water partition coefficient (Wildman–Crippen LogP) is 4.02. The van der Waals surface area contributed by atoms with Crippen LogP contribution in [0.2, 0.25) is 0 Å². The number of benzene rings is 1. The maximum atomic E-state index is 13.4. The number of pyridine rings is 1. The van der Waals surface area contributed by atoms with Crippen molar-refractivity contribution in [3.63, 3.8) is 0 Å². The van der Waals surface area contributed by atoms with Gasteiger partial charge in [0.25, 0.3) is 5.91 Å². The Morgan fingerprint density at radius 3 is 2.53 bits per heavy atom. The number of likely N-dealkylation sites (tertiary alicyclic amines) is 1. The molecule has 0 bridgehead atoms. The fourth-order valence-corrected chi connectivity index (χ4v) is 3.92. The molecule has 3 heterocycles. The number of piperidine rings is 1. The normalized spacial score (nSPS) is 14.9. The Morgan fingerprint density at radius 1 is 1.09 bits per heavy atom. The molecule has 4 rings (SSSR count). The molecule has 3 aromatic rings. The van der Waals surface area contributed by atoms with Gasteiger partial charge in [-0.3, -0.25) is 14.7 Å². The SMILES string of the molecule is CCCc1ncc(CN2CCC(NC(=O)c3ccc(-c4cccc(F)c4)nc3)CC2)cn1. The highest BCUT2D eigenvalue weighted by Crippen LogP contribution is 2.19. The second kappa shape index (κ2) is 10.4. The van der Waals surface area contributed by atoms with Gasteiger partial charge in [-0.15, -0.1) is 0 Å². The summed E-state index contributed by atoms with van der Waals surface area (Å²) in [4.78, 5) is 28.2. The molecule has 6 nitrogen and oxygen atoms in total. The van der Waals surface area contributed by atoms with E-state index in [0.29, 0.717) is 16.8 Å². The quantitative estimate of drug-likeness (QED) is 0.609. The number of nitrogens with zero attached hydrogens (tertiary/aromatic N) is 4. The third kappa shape index (κ3) is 5.73. The first-order valence-electron chi connectivity index (χ1n) is 11.2. The number of aryl methyl sites for hydroxylation is 1. The summed E-state index contributed by atoms with van der Waals surface area (Å²) in [7, 11) is 0. The van der Waals surface area contributed by atoms with Crippen LogP contribution in [0, 0.1) is 5.82 Å². The molecule has 0 aliphatic carbocycles. The molecular weight excluding hydrogens is 405 g/mol. The van der Waals surface area contributed by atoms with Crippen LogP contribution in [0.25, 0.3) is 11.3 Å². The van der Waals surface area contributed by atoms with E-state index in [1.165, 1.54) is 12.1 Å². The number of halogens is 1. The minimum absolute atomic E-state index is 0.123. The molecular formula is C25H28FN5O. The third-order valence-electron chi connectivity index (χ3n) is 5.71. The minimum atomic E-state index is -0.307. The molecule has 1 aliphatic rings. The van der Waals surface area contributed by atoms with Crippen molar-refractivity contribution in [1.29, 1.82) is 0 Å². The number of hydrogen-bond acceptors (Lipinski definition) is 5. The number of carbonyl (C=O) groups is 1. The summed E-state index contributed by atoms with van der Waals surface area (Å²) in [5.74, 6) is 0.469. The van der Waals surface area contributed by atoms with Gasteiger partial charge in [-0.1, -0.05) is 19.1 Å². The Labute approximate surface area is 187 Å². The van der Waals surface area contributed by atoms with Gasteiger partial charge >= 0.3 is 0 Å². The van der Waals surface area contributed by atoms with E-state index >= 15 is 0 Å². The molecule has 1 saturated heterocycles. The first kappa shape index (κ1) is 22.0. The Balaban J connectivity index is 1.26. The fraction of sp³-hybridized carbons (Fsp3) is 0.360. The number of nitrogens with one attached hydrogen (secondary N) is 1. The molecule has 0 spiro atoms. The van der Waals surface area contributed by atoms with Crippen LogP contribution in [0.3, 0.4) is 0 Å². The van der Waals surface area contributed by atoms with E-state index < -0.39 is 0 Å². The van der Waals surface area contributed by atoms with Crippen molar-refractivity contribution in [2.45, 2.75) is 45.2 Å². The van der Waals surface area contributed by atoms with Gasteiger partial charge in [-0.05, 0) is 43.5 Å². The van der Waals surface area contributed by atoms with Crippen LogP contribution >= 0.6 is 0 Å². The van der Waals surface area contributed by atoms with Gasteiger partial charge in [0.05, 0.1) is 11.3 Å². The van der Waals surface area contributed by atoms with Crippen molar-refractivity contribution in [1.82, 2.24) is 25.2 Å². The van der Waals surface area contributed by atoms with Crippen molar-refractivity contribution < 1.29 is 9.18 Å². The number of aromatic nitrogens is 3. The Hall–Kier alpha value is -3.19. The zero-order valence-corrected chi connectivity index (χ0v) is 18.3. The summed E-state index contributed by atoms with van der Waals surface area (Å²) in [5, 5.41) is 3.12. The van der Waals surface area contributed by atoms with Crippen LogP contribution in [0.5, 0.6) is 0 Å². The highest BCUT2D eigenvalue weighted by atomic mass is 19.1. The van der Waals surface area contributed by atoms with Gasteiger partial charge in [0.15, 0.2) is 0 Å². The van der Waals surface area contributed by atoms with Gasteiger partial charge in [-0.2, -0.15) is 0 Å². The van der Waals surface area contributed by atoms with Crippen molar-refractivity contribution in [2.75, 3.05) is 13.1 Å².